The lowest BCUT2D eigenvalue weighted by atomic mass is 10.0. The van der Waals surface area contributed by atoms with Gasteiger partial charge in [0.2, 0.25) is 0 Å². The van der Waals surface area contributed by atoms with Crippen molar-refractivity contribution in [3.8, 4) is 0 Å². The fourth-order valence-corrected chi connectivity index (χ4v) is 2.63. The first-order valence-electron chi connectivity index (χ1n) is 6.88. The van der Waals surface area contributed by atoms with E-state index in [1.165, 1.54) is 12.1 Å². The molecule has 112 valence electrons. The lowest BCUT2D eigenvalue weighted by Gasteiger charge is -2.14. The lowest BCUT2D eigenvalue weighted by Crippen LogP contribution is -2.29. The third kappa shape index (κ3) is 4.34. The van der Waals surface area contributed by atoms with Gasteiger partial charge in [0.25, 0.3) is 5.91 Å². The van der Waals surface area contributed by atoms with Crippen molar-refractivity contribution in [1.29, 1.82) is 0 Å². The second-order valence-electron chi connectivity index (χ2n) is 5.14. The van der Waals surface area contributed by atoms with Crippen molar-refractivity contribution in [2.75, 3.05) is 12.8 Å². The highest BCUT2D eigenvalue weighted by molar-refractivity contribution is 7.90. The summed E-state index contributed by atoms with van der Waals surface area (Å²) < 4.78 is 23.1. The van der Waals surface area contributed by atoms with E-state index in [4.69, 9.17) is 0 Å². The maximum Gasteiger partial charge on any atom is 0.251 e. The number of hydrogen-bond acceptors (Lipinski definition) is 3. The Balaban J connectivity index is 2.93. The molecule has 0 aliphatic carbocycles. The molecule has 0 saturated carbocycles. The number of rotatable bonds is 6. The standard InChI is InChI=1S/C15H23NO3S/c1-5-12(6-2)10-16-15(17)14-9-13(20(4,18)19)8-7-11(14)3/h7-9,12H,5-6,10H2,1-4H3,(H,16,17). The van der Waals surface area contributed by atoms with Crippen LogP contribution in [0.3, 0.4) is 0 Å². The van der Waals surface area contributed by atoms with Crippen molar-refractivity contribution in [3.05, 3.63) is 29.3 Å². The van der Waals surface area contributed by atoms with Gasteiger partial charge in [-0.25, -0.2) is 8.42 Å². The average Bonchev–Trinajstić information content (AvgIpc) is 2.38. The van der Waals surface area contributed by atoms with E-state index < -0.39 is 9.84 Å². The van der Waals surface area contributed by atoms with Crippen LogP contribution in [0.1, 0.15) is 42.6 Å². The highest BCUT2D eigenvalue weighted by Gasteiger charge is 2.15. The van der Waals surface area contributed by atoms with Gasteiger partial charge in [0, 0.05) is 18.4 Å². The molecule has 1 amide bonds. The van der Waals surface area contributed by atoms with Crippen molar-refractivity contribution in [1.82, 2.24) is 5.32 Å². The van der Waals surface area contributed by atoms with E-state index in [2.05, 4.69) is 19.2 Å². The summed E-state index contributed by atoms with van der Waals surface area (Å²) in [6.07, 6.45) is 3.17. The number of aryl methyl sites for hydroxylation is 1. The molecule has 4 nitrogen and oxygen atoms in total. The van der Waals surface area contributed by atoms with Crippen molar-refractivity contribution in [3.63, 3.8) is 0 Å². The van der Waals surface area contributed by atoms with Gasteiger partial charge in [0.15, 0.2) is 9.84 Å². The largest absolute Gasteiger partial charge is 0.352 e. The van der Waals surface area contributed by atoms with Crippen LogP contribution in [0.25, 0.3) is 0 Å². The Morgan fingerprint density at radius 3 is 2.35 bits per heavy atom. The molecule has 0 aliphatic heterocycles. The highest BCUT2D eigenvalue weighted by atomic mass is 32.2. The number of nitrogens with one attached hydrogen (secondary N) is 1. The summed E-state index contributed by atoms with van der Waals surface area (Å²) in [5.74, 6) is 0.247. The van der Waals surface area contributed by atoms with E-state index in [0.29, 0.717) is 18.0 Å². The molecule has 0 spiro atoms. The molecule has 1 aromatic carbocycles. The van der Waals surface area contributed by atoms with Crippen LogP contribution in [-0.4, -0.2) is 27.1 Å². The summed E-state index contributed by atoms with van der Waals surface area (Å²) in [6.45, 7) is 6.61. The first kappa shape index (κ1) is 16.7. The minimum Gasteiger partial charge on any atom is -0.352 e. The zero-order valence-corrected chi connectivity index (χ0v) is 13.4. The number of carbonyl (C=O) groups excluding carboxylic acids is 1. The maximum absolute atomic E-state index is 12.2. The SMILES string of the molecule is CCC(CC)CNC(=O)c1cc(S(C)(=O)=O)ccc1C. The fraction of sp³-hybridized carbons (Fsp3) is 0.533. The first-order valence-corrected chi connectivity index (χ1v) is 8.77. The topological polar surface area (TPSA) is 63.2 Å². The summed E-state index contributed by atoms with van der Waals surface area (Å²) >= 11 is 0. The predicted molar refractivity (Wildman–Crippen MR) is 80.7 cm³/mol. The molecular weight excluding hydrogens is 274 g/mol. The van der Waals surface area contributed by atoms with E-state index in [1.54, 1.807) is 13.0 Å². The van der Waals surface area contributed by atoms with Crippen LogP contribution in [0, 0.1) is 12.8 Å². The third-order valence-electron chi connectivity index (χ3n) is 3.59. The second kappa shape index (κ2) is 6.88. The number of benzene rings is 1. The molecule has 0 aliphatic rings. The molecule has 5 heteroatoms. The van der Waals surface area contributed by atoms with E-state index in [-0.39, 0.29) is 10.8 Å². The zero-order chi connectivity index (χ0) is 15.3. The summed E-state index contributed by atoms with van der Waals surface area (Å²) in [5.41, 5.74) is 1.21. The van der Waals surface area contributed by atoms with Crippen LogP contribution in [0.4, 0.5) is 0 Å². The summed E-state index contributed by atoms with van der Waals surface area (Å²) in [5, 5.41) is 2.89. The molecule has 0 atom stereocenters. The second-order valence-corrected chi connectivity index (χ2v) is 7.16. The summed E-state index contributed by atoms with van der Waals surface area (Å²) in [4.78, 5) is 12.4. The number of sulfone groups is 1. The molecule has 0 bridgehead atoms. The van der Waals surface area contributed by atoms with Crippen LogP contribution in [0.15, 0.2) is 23.1 Å². The Labute approximate surface area is 121 Å². The molecule has 0 unspecified atom stereocenters. The van der Waals surface area contributed by atoms with Gasteiger partial charge in [0.05, 0.1) is 4.90 Å². The van der Waals surface area contributed by atoms with E-state index in [0.717, 1.165) is 24.7 Å². The predicted octanol–water partition coefficient (Wildman–Crippen LogP) is 2.56. The van der Waals surface area contributed by atoms with Crippen LogP contribution in [0.2, 0.25) is 0 Å². The summed E-state index contributed by atoms with van der Waals surface area (Å²) in [6, 6.07) is 4.65. The molecular formula is C15H23NO3S. The van der Waals surface area contributed by atoms with Gasteiger partial charge in [-0.1, -0.05) is 32.8 Å². The summed E-state index contributed by atoms with van der Waals surface area (Å²) in [7, 11) is -3.30. The van der Waals surface area contributed by atoms with E-state index in [1.807, 2.05) is 0 Å². The molecule has 1 rings (SSSR count). The number of amides is 1. The van der Waals surface area contributed by atoms with Gasteiger partial charge >= 0.3 is 0 Å². The monoisotopic (exact) mass is 297 g/mol. The van der Waals surface area contributed by atoms with Crippen LogP contribution >= 0.6 is 0 Å². The first-order chi connectivity index (χ1) is 9.29. The van der Waals surface area contributed by atoms with Crippen LogP contribution < -0.4 is 5.32 Å². The molecule has 0 radical (unpaired) electrons. The van der Waals surface area contributed by atoms with E-state index in [9.17, 15) is 13.2 Å². The highest BCUT2D eigenvalue weighted by Crippen LogP contribution is 2.16. The fourth-order valence-electron chi connectivity index (χ4n) is 1.99. The molecule has 0 heterocycles. The van der Waals surface area contributed by atoms with Crippen molar-refractivity contribution < 1.29 is 13.2 Å². The molecule has 0 aromatic heterocycles. The average molecular weight is 297 g/mol. The van der Waals surface area contributed by atoms with Crippen molar-refractivity contribution in [2.24, 2.45) is 5.92 Å². The quantitative estimate of drug-likeness (QED) is 0.877. The van der Waals surface area contributed by atoms with Gasteiger partial charge in [-0.15, -0.1) is 0 Å². The van der Waals surface area contributed by atoms with Crippen molar-refractivity contribution >= 4 is 15.7 Å². The normalized spacial score (nSPS) is 11.7. The van der Waals surface area contributed by atoms with Crippen LogP contribution in [0.5, 0.6) is 0 Å². The van der Waals surface area contributed by atoms with Gasteiger partial charge in [0.1, 0.15) is 0 Å². The number of carbonyl (C=O) groups is 1. The Kier molecular flexibility index (Phi) is 5.74. The van der Waals surface area contributed by atoms with Gasteiger partial charge in [-0.05, 0) is 30.5 Å². The van der Waals surface area contributed by atoms with Crippen molar-refractivity contribution in [2.45, 2.75) is 38.5 Å². The molecule has 1 aromatic rings. The minimum atomic E-state index is -3.30. The van der Waals surface area contributed by atoms with Gasteiger partial charge in [-0.3, -0.25) is 4.79 Å². The number of hydrogen-bond donors (Lipinski definition) is 1. The maximum atomic E-state index is 12.2. The molecule has 1 N–H and O–H groups in total. The van der Waals surface area contributed by atoms with Crippen LogP contribution in [-0.2, 0) is 9.84 Å². The Morgan fingerprint density at radius 2 is 1.85 bits per heavy atom. The van der Waals surface area contributed by atoms with E-state index >= 15 is 0 Å². The molecule has 0 fully saturated rings. The molecule has 0 saturated heterocycles. The Morgan fingerprint density at radius 1 is 1.25 bits per heavy atom. The third-order valence-corrected chi connectivity index (χ3v) is 4.70. The van der Waals surface area contributed by atoms with Gasteiger partial charge in [-0.2, -0.15) is 0 Å². The Bertz CT molecular complexity index is 575. The zero-order valence-electron chi connectivity index (χ0n) is 12.6. The smallest absolute Gasteiger partial charge is 0.251 e. The molecule has 20 heavy (non-hydrogen) atoms. The minimum absolute atomic E-state index is 0.177. The Hall–Kier alpha value is -1.36. The van der Waals surface area contributed by atoms with Gasteiger partial charge < -0.3 is 5.32 Å². The lowest BCUT2D eigenvalue weighted by molar-refractivity contribution is 0.0945.